The highest BCUT2D eigenvalue weighted by molar-refractivity contribution is 14.1. The number of amides is 2. The number of carbonyl (C=O) groups excluding carboxylic acids is 2. The number of fused-ring (bicyclic) bond motifs is 1. The molecule has 42 heavy (non-hydrogen) atoms. The minimum atomic E-state index is -4.10. The number of rotatable bonds is 7. The number of allylic oxidation sites excluding steroid dienone is 1. The van der Waals surface area contributed by atoms with Gasteiger partial charge in [-0.2, -0.15) is 4.31 Å². The second kappa shape index (κ2) is 10.9. The van der Waals surface area contributed by atoms with Gasteiger partial charge in [-0.1, -0.05) is 47.5 Å². The predicted octanol–water partition coefficient (Wildman–Crippen LogP) is 4.69. The molecule has 11 nitrogen and oxygen atoms in total. The summed E-state index contributed by atoms with van der Waals surface area (Å²) in [6.45, 7) is 1.77. The van der Waals surface area contributed by atoms with Crippen molar-refractivity contribution in [3.8, 4) is 0 Å². The number of nitrogens with one attached hydrogen (secondary N) is 1. The minimum Gasteiger partial charge on any atom is -0.359 e. The van der Waals surface area contributed by atoms with Crippen molar-refractivity contribution in [3.63, 3.8) is 0 Å². The molecule has 0 unspecified atom stereocenters. The van der Waals surface area contributed by atoms with Crippen LogP contribution in [-0.2, 0) is 31.6 Å². The fourth-order valence-electron chi connectivity index (χ4n) is 5.32. The van der Waals surface area contributed by atoms with Crippen molar-refractivity contribution in [2.24, 2.45) is 12.3 Å². The van der Waals surface area contributed by atoms with E-state index in [0.29, 0.717) is 15.7 Å². The van der Waals surface area contributed by atoms with Crippen LogP contribution in [0.3, 0.4) is 0 Å². The maximum Gasteiger partial charge on any atom is 0.260 e. The Kier molecular flexibility index (Phi) is 7.58. The van der Waals surface area contributed by atoms with Gasteiger partial charge in [0.15, 0.2) is 5.03 Å². The Morgan fingerprint density at radius 3 is 2.45 bits per heavy atom. The maximum atomic E-state index is 14.3. The SMILES string of the molecule is CNC(=O)C1CN(S(=O)(=O)c2cnc3n2[C@](C)(Cc2ccc(C4=CN=IN=C4)cc2)C(=O)N3c2cc(Cl)cc(Cl)c2)C1. The number of carbonyl (C=O) groups is 2. The summed E-state index contributed by atoms with van der Waals surface area (Å²) in [5, 5.41) is 3.05. The van der Waals surface area contributed by atoms with Crippen molar-refractivity contribution in [3.05, 3.63) is 76.0 Å². The summed E-state index contributed by atoms with van der Waals surface area (Å²) in [7, 11) is -2.58. The molecule has 1 atom stereocenters. The summed E-state index contributed by atoms with van der Waals surface area (Å²) in [6.07, 6.45) is 5.05. The van der Waals surface area contributed by atoms with Crippen molar-refractivity contribution >= 4 is 89.8 Å². The molecule has 6 rings (SSSR count). The molecule has 2 amide bonds. The van der Waals surface area contributed by atoms with Gasteiger partial charge in [-0.3, -0.25) is 14.2 Å². The molecule has 0 bridgehead atoms. The Hall–Kier alpha value is -2.98. The molecule has 3 aliphatic rings. The van der Waals surface area contributed by atoms with E-state index in [0.717, 1.165) is 16.7 Å². The topological polar surface area (TPSA) is 129 Å². The van der Waals surface area contributed by atoms with E-state index in [9.17, 15) is 18.0 Å². The molecule has 1 saturated heterocycles. The van der Waals surface area contributed by atoms with E-state index >= 15 is 0 Å². The Morgan fingerprint density at radius 2 is 1.83 bits per heavy atom. The number of imidazole rings is 1. The number of hydrogen-bond donors (Lipinski definition) is 1. The first-order valence-corrected chi connectivity index (χ1v) is 16.9. The predicted molar refractivity (Wildman–Crippen MR) is 169 cm³/mol. The van der Waals surface area contributed by atoms with Crippen LogP contribution >= 0.6 is 44.5 Å². The summed E-state index contributed by atoms with van der Waals surface area (Å²) >= 11 is 12.0. The number of aromatic nitrogens is 2. The molecular weight excluding hydrogens is 716 g/mol. The van der Waals surface area contributed by atoms with Crippen molar-refractivity contribution in [1.29, 1.82) is 0 Å². The van der Waals surface area contributed by atoms with Crippen molar-refractivity contribution in [1.82, 2.24) is 19.2 Å². The van der Waals surface area contributed by atoms with Gasteiger partial charge in [0.2, 0.25) is 11.9 Å². The Balaban J connectivity index is 1.41. The highest BCUT2D eigenvalue weighted by atomic mass is 127. The Labute approximate surface area is 262 Å². The first-order valence-electron chi connectivity index (χ1n) is 12.8. The van der Waals surface area contributed by atoms with Crippen LogP contribution in [0, 0.1) is 5.92 Å². The first kappa shape index (κ1) is 29.1. The van der Waals surface area contributed by atoms with Crippen molar-refractivity contribution in [2.45, 2.75) is 23.9 Å². The van der Waals surface area contributed by atoms with E-state index < -0.39 is 42.8 Å². The molecule has 0 radical (unpaired) electrons. The number of hydrogen-bond acceptors (Lipinski definition) is 7. The number of sulfonamides is 1. The summed E-state index contributed by atoms with van der Waals surface area (Å²) in [4.78, 5) is 32.1. The summed E-state index contributed by atoms with van der Waals surface area (Å²) in [6, 6.07) is 12.4. The van der Waals surface area contributed by atoms with E-state index in [-0.39, 0.29) is 42.3 Å². The highest BCUT2D eigenvalue weighted by Crippen LogP contribution is 2.45. The molecule has 1 fully saturated rings. The van der Waals surface area contributed by atoms with E-state index in [1.807, 2.05) is 36.7 Å². The summed E-state index contributed by atoms with van der Waals surface area (Å²) in [5.74, 6) is -0.923. The third-order valence-corrected chi connectivity index (χ3v) is 10.8. The van der Waals surface area contributed by atoms with Crippen LogP contribution in [0.15, 0.2) is 66.2 Å². The number of nitrogens with zero attached hydrogens (tertiary/aromatic N) is 6. The number of halogens is 3. The molecule has 3 aliphatic heterocycles. The zero-order valence-electron chi connectivity index (χ0n) is 22.3. The number of anilines is 2. The number of benzene rings is 2. The lowest BCUT2D eigenvalue weighted by molar-refractivity contribution is -0.127. The zero-order valence-corrected chi connectivity index (χ0v) is 26.8. The lowest BCUT2D eigenvalue weighted by Crippen LogP contribution is -2.55. The Bertz CT molecular complexity index is 1800. The second-order valence-electron chi connectivity index (χ2n) is 10.3. The third kappa shape index (κ3) is 4.90. The lowest BCUT2D eigenvalue weighted by Gasteiger charge is -2.37. The zero-order chi connectivity index (χ0) is 29.8. The van der Waals surface area contributed by atoms with Gasteiger partial charge < -0.3 is 5.32 Å². The van der Waals surface area contributed by atoms with E-state index in [2.05, 4.69) is 16.7 Å². The molecule has 1 aromatic heterocycles. The monoisotopic (exact) mass is 739 g/mol. The quantitative estimate of drug-likeness (QED) is 0.352. The molecule has 218 valence electrons. The molecule has 0 spiro atoms. The van der Waals surface area contributed by atoms with E-state index in [1.165, 1.54) is 27.0 Å². The van der Waals surface area contributed by atoms with Gasteiger partial charge >= 0.3 is 0 Å². The molecule has 4 heterocycles. The van der Waals surface area contributed by atoms with Crippen LogP contribution in [0.4, 0.5) is 11.6 Å². The lowest BCUT2D eigenvalue weighted by atomic mass is 9.91. The summed E-state index contributed by atoms with van der Waals surface area (Å²) < 4.78 is 39.0. The molecule has 3 aromatic rings. The average Bonchev–Trinajstić information content (AvgIpc) is 3.46. The summed E-state index contributed by atoms with van der Waals surface area (Å²) in [5.41, 5.74) is 1.63. The fraction of sp³-hybridized carbons (Fsp3) is 0.259. The normalized spacial score (nSPS) is 20.6. The van der Waals surface area contributed by atoms with Gasteiger partial charge in [0.05, 0.1) is 17.8 Å². The standard InChI is InChI=1S/C27H24Cl2IN7O4S/c1-27(10-16-3-5-17(6-4-16)18-11-33-30-34-12-18)25(39)36(22-8-20(28)7-21(29)9-22)26-32-13-23(37(26)27)42(40,41)35-14-19(15-35)24(38)31-2/h3-9,11-13,19H,10,14-15H2,1-2H3,(H,31,38)/t27-/m1/s1. The smallest absolute Gasteiger partial charge is 0.260 e. The van der Waals surface area contributed by atoms with E-state index in [1.54, 1.807) is 25.1 Å². The van der Waals surface area contributed by atoms with Crippen molar-refractivity contribution in [2.75, 3.05) is 25.0 Å². The second-order valence-corrected chi connectivity index (χ2v) is 14.6. The van der Waals surface area contributed by atoms with Crippen LogP contribution < -0.4 is 10.2 Å². The van der Waals surface area contributed by atoms with Gasteiger partial charge in [-0.15, -0.1) is 0 Å². The van der Waals surface area contributed by atoms with Crippen LogP contribution in [0.25, 0.3) is 5.57 Å². The van der Waals surface area contributed by atoms with Crippen molar-refractivity contribution < 1.29 is 18.0 Å². The molecular formula is C27H24Cl2IN7O4S. The molecule has 0 saturated carbocycles. The fourth-order valence-corrected chi connectivity index (χ4v) is 8.54. The molecule has 0 aliphatic carbocycles. The van der Waals surface area contributed by atoms with Crippen LogP contribution in [-0.4, -0.2) is 60.4 Å². The van der Waals surface area contributed by atoms with Gasteiger partial charge in [-0.25, -0.2) is 24.7 Å². The van der Waals surface area contributed by atoms with Gasteiger partial charge in [0.25, 0.3) is 15.9 Å². The Morgan fingerprint density at radius 1 is 1.14 bits per heavy atom. The first-order chi connectivity index (χ1) is 20.0. The molecule has 1 N–H and O–H groups in total. The van der Waals surface area contributed by atoms with Crippen LogP contribution in [0.2, 0.25) is 10.0 Å². The maximum absolute atomic E-state index is 14.3. The average molecular weight is 740 g/mol. The van der Waals surface area contributed by atoms with Gasteiger partial charge in [0.1, 0.15) is 26.8 Å². The molecule has 2 aromatic carbocycles. The minimum absolute atomic E-state index is 0.0374. The van der Waals surface area contributed by atoms with Crippen LogP contribution in [0.1, 0.15) is 18.1 Å². The third-order valence-electron chi connectivity index (χ3n) is 7.54. The van der Waals surface area contributed by atoms with Gasteiger partial charge in [-0.05, 0) is 36.2 Å². The highest BCUT2D eigenvalue weighted by Gasteiger charge is 2.53. The molecule has 15 heteroatoms. The van der Waals surface area contributed by atoms with E-state index in [4.69, 9.17) is 23.2 Å². The van der Waals surface area contributed by atoms with Gasteiger partial charge in [0, 0.05) is 54.6 Å². The largest absolute Gasteiger partial charge is 0.359 e. The van der Waals surface area contributed by atoms with Crippen LogP contribution in [0.5, 0.6) is 0 Å².